The normalized spacial score (nSPS) is 12.0. The molecule has 0 aliphatic carbocycles. The molecular weight excluding hydrogens is 516 g/mol. The summed E-state index contributed by atoms with van der Waals surface area (Å²) in [5, 5.41) is 3.09. The highest BCUT2D eigenvalue weighted by Gasteiger charge is 2.32. The van der Waals surface area contributed by atoms with Crippen LogP contribution in [0.25, 0.3) is 0 Å². The first kappa shape index (κ1) is 27.5. The number of nitrogens with one attached hydrogen (secondary N) is 1. The Morgan fingerprint density at radius 2 is 1.50 bits per heavy atom. The van der Waals surface area contributed by atoms with Gasteiger partial charge in [0, 0.05) is 29.4 Å². The van der Waals surface area contributed by atoms with E-state index in [9.17, 15) is 9.59 Å². The van der Waals surface area contributed by atoms with E-state index in [2.05, 4.69) is 21.2 Å². The van der Waals surface area contributed by atoms with E-state index in [0.717, 1.165) is 21.3 Å². The van der Waals surface area contributed by atoms with E-state index >= 15 is 0 Å². The number of hydrogen-bond acceptors (Lipinski definition) is 3. The van der Waals surface area contributed by atoms with Gasteiger partial charge in [-0.15, -0.1) is 0 Å². The molecule has 3 rings (SSSR count). The average molecular weight is 552 g/mol. The summed E-state index contributed by atoms with van der Waals surface area (Å²) in [4.78, 5) is 28.9. The van der Waals surface area contributed by atoms with E-state index < -0.39 is 11.6 Å². The van der Waals surface area contributed by atoms with Gasteiger partial charge in [-0.1, -0.05) is 76.6 Å². The number of ether oxygens (including phenoxy) is 1. The predicted molar refractivity (Wildman–Crippen MR) is 148 cm³/mol. The molecule has 0 heterocycles. The van der Waals surface area contributed by atoms with Crippen LogP contribution < -0.4 is 10.1 Å². The minimum Gasteiger partial charge on any atom is -0.494 e. The minimum atomic E-state index is -0.641. The van der Waals surface area contributed by atoms with Gasteiger partial charge in [-0.3, -0.25) is 9.59 Å². The summed E-state index contributed by atoms with van der Waals surface area (Å²) < 4.78 is 6.75. The first-order chi connectivity index (χ1) is 17.2. The van der Waals surface area contributed by atoms with Crippen LogP contribution in [-0.2, 0) is 22.6 Å². The highest BCUT2D eigenvalue weighted by atomic mass is 79.9. The van der Waals surface area contributed by atoms with Crippen molar-refractivity contribution in [2.24, 2.45) is 0 Å². The fourth-order valence-electron chi connectivity index (χ4n) is 3.87. The fourth-order valence-corrected chi connectivity index (χ4v) is 4.13. The lowest BCUT2D eigenvalue weighted by Gasteiger charge is -2.34. The fraction of sp³-hybridized carbons (Fsp3) is 0.333. The minimum absolute atomic E-state index is 0.0698. The van der Waals surface area contributed by atoms with E-state index in [4.69, 9.17) is 4.74 Å². The Kier molecular flexibility index (Phi) is 10.1. The largest absolute Gasteiger partial charge is 0.494 e. The number of para-hydroxylation sites is 1. The molecule has 0 saturated heterocycles. The van der Waals surface area contributed by atoms with Gasteiger partial charge in [0.05, 0.1) is 6.61 Å². The molecule has 3 aromatic carbocycles. The lowest BCUT2D eigenvalue weighted by Crippen LogP contribution is -2.54. The maximum Gasteiger partial charge on any atom is 0.243 e. The number of hydrogen-bond donors (Lipinski definition) is 1. The van der Waals surface area contributed by atoms with Crippen molar-refractivity contribution in [3.8, 4) is 5.75 Å². The van der Waals surface area contributed by atoms with Crippen molar-refractivity contribution in [1.82, 2.24) is 10.2 Å². The summed E-state index contributed by atoms with van der Waals surface area (Å²) in [6.07, 6.45) is 1.28. The molecule has 0 aliphatic heterocycles. The zero-order valence-electron chi connectivity index (χ0n) is 21.2. The van der Waals surface area contributed by atoms with Crippen LogP contribution in [-0.4, -0.2) is 34.9 Å². The third kappa shape index (κ3) is 9.15. The molecular formula is C30H35BrN2O3. The van der Waals surface area contributed by atoms with Gasteiger partial charge in [0.2, 0.25) is 11.8 Å². The van der Waals surface area contributed by atoms with Crippen molar-refractivity contribution in [2.75, 3.05) is 6.61 Å². The Hall–Kier alpha value is -3.12. The molecule has 0 radical (unpaired) electrons. The number of halogens is 1. The zero-order chi connectivity index (χ0) is 26.0. The van der Waals surface area contributed by atoms with Crippen molar-refractivity contribution in [1.29, 1.82) is 0 Å². The highest BCUT2D eigenvalue weighted by Crippen LogP contribution is 2.19. The van der Waals surface area contributed by atoms with Gasteiger partial charge < -0.3 is 15.0 Å². The standard InChI is InChI=1S/C30H35BrN2O3/c1-30(2,3)32-29(35)27(21-23-11-6-4-7-12-23)33(22-24-16-18-25(31)19-17-24)28(34)15-10-20-36-26-13-8-5-9-14-26/h4-9,11-14,16-19,27H,10,15,20-22H2,1-3H3,(H,32,35). The second kappa shape index (κ2) is 13.3. The van der Waals surface area contributed by atoms with E-state index in [-0.39, 0.29) is 18.2 Å². The second-order valence-corrected chi connectivity index (χ2v) is 10.8. The topological polar surface area (TPSA) is 58.6 Å². The summed E-state index contributed by atoms with van der Waals surface area (Å²) in [7, 11) is 0. The van der Waals surface area contributed by atoms with Crippen molar-refractivity contribution >= 4 is 27.7 Å². The van der Waals surface area contributed by atoms with Crippen LogP contribution in [0.2, 0.25) is 0 Å². The van der Waals surface area contributed by atoms with Gasteiger partial charge >= 0.3 is 0 Å². The summed E-state index contributed by atoms with van der Waals surface area (Å²) in [6, 6.07) is 26.6. The Morgan fingerprint density at radius 3 is 2.11 bits per heavy atom. The van der Waals surface area contributed by atoms with Gasteiger partial charge in [-0.25, -0.2) is 0 Å². The first-order valence-electron chi connectivity index (χ1n) is 12.3. The van der Waals surface area contributed by atoms with Crippen molar-refractivity contribution in [2.45, 2.75) is 58.2 Å². The molecule has 190 valence electrons. The Morgan fingerprint density at radius 1 is 0.889 bits per heavy atom. The molecule has 0 spiro atoms. The Balaban J connectivity index is 1.81. The van der Waals surface area contributed by atoms with Crippen molar-refractivity contribution < 1.29 is 14.3 Å². The van der Waals surface area contributed by atoms with E-state index in [1.54, 1.807) is 4.90 Å². The lowest BCUT2D eigenvalue weighted by atomic mass is 10.00. The van der Waals surface area contributed by atoms with Crippen LogP contribution in [0.5, 0.6) is 5.75 Å². The average Bonchev–Trinajstić information content (AvgIpc) is 2.85. The van der Waals surface area contributed by atoms with Crippen LogP contribution in [0.1, 0.15) is 44.7 Å². The second-order valence-electron chi connectivity index (χ2n) is 9.86. The van der Waals surface area contributed by atoms with Gasteiger partial charge in [-0.2, -0.15) is 0 Å². The molecule has 0 fully saturated rings. The number of benzene rings is 3. The number of carbonyl (C=O) groups is 2. The monoisotopic (exact) mass is 550 g/mol. The first-order valence-corrected chi connectivity index (χ1v) is 13.1. The lowest BCUT2D eigenvalue weighted by molar-refractivity contribution is -0.142. The molecule has 0 aliphatic rings. The van der Waals surface area contributed by atoms with Crippen molar-refractivity contribution in [3.63, 3.8) is 0 Å². The molecule has 0 saturated carbocycles. The van der Waals surface area contributed by atoms with Gasteiger partial charge in [0.1, 0.15) is 11.8 Å². The number of nitrogens with zero attached hydrogens (tertiary/aromatic N) is 1. The summed E-state index contributed by atoms with van der Waals surface area (Å²) >= 11 is 3.47. The summed E-state index contributed by atoms with van der Waals surface area (Å²) in [6.45, 7) is 6.63. The zero-order valence-corrected chi connectivity index (χ0v) is 22.8. The van der Waals surface area contributed by atoms with Crippen LogP contribution >= 0.6 is 15.9 Å². The number of amides is 2. The quantitative estimate of drug-likeness (QED) is 0.291. The molecule has 5 nitrogen and oxygen atoms in total. The molecule has 2 amide bonds. The third-order valence-electron chi connectivity index (χ3n) is 5.58. The Labute approximate surface area is 223 Å². The van der Waals surface area contributed by atoms with Gasteiger partial charge in [0.25, 0.3) is 0 Å². The highest BCUT2D eigenvalue weighted by molar-refractivity contribution is 9.10. The van der Waals surface area contributed by atoms with Gasteiger partial charge in [-0.05, 0) is 62.6 Å². The molecule has 1 N–H and O–H groups in total. The maximum absolute atomic E-state index is 13.6. The van der Waals surface area contributed by atoms with Crippen LogP contribution in [0.15, 0.2) is 89.4 Å². The molecule has 3 aromatic rings. The third-order valence-corrected chi connectivity index (χ3v) is 6.11. The maximum atomic E-state index is 13.6. The summed E-state index contributed by atoms with van der Waals surface area (Å²) in [5.74, 6) is 0.556. The van der Waals surface area contributed by atoms with Crippen LogP contribution in [0.4, 0.5) is 0 Å². The molecule has 1 unspecified atom stereocenters. The molecule has 36 heavy (non-hydrogen) atoms. The molecule has 0 aromatic heterocycles. The summed E-state index contributed by atoms with van der Waals surface area (Å²) in [5.41, 5.74) is 1.56. The van der Waals surface area contributed by atoms with Crippen LogP contribution in [0.3, 0.4) is 0 Å². The van der Waals surface area contributed by atoms with E-state index in [1.807, 2.05) is 106 Å². The van der Waals surface area contributed by atoms with Crippen molar-refractivity contribution in [3.05, 3.63) is 101 Å². The number of carbonyl (C=O) groups excluding carboxylic acids is 2. The smallest absolute Gasteiger partial charge is 0.243 e. The molecule has 6 heteroatoms. The molecule has 1 atom stereocenters. The van der Waals surface area contributed by atoms with Gasteiger partial charge in [0.15, 0.2) is 0 Å². The Bertz CT molecular complexity index is 1100. The van der Waals surface area contributed by atoms with Crippen LogP contribution in [0, 0.1) is 0 Å². The number of rotatable bonds is 11. The SMILES string of the molecule is CC(C)(C)NC(=O)C(Cc1ccccc1)N(Cc1ccc(Br)cc1)C(=O)CCCOc1ccccc1. The predicted octanol–water partition coefficient (Wildman–Crippen LogP) is 6.16. The van der Waals surface area contributed by atoms with E-state index in [0.29, 0.717) is 26.0 Å². The van der Waals surface area contributed by atoms with E-state index in [1.165, 1.54) is 0 Å². The molecule has 0 bridgehead atoms.